The normalized spacial score (nSPS) is 11.6. The van der Waals surface area contributed by atoms with Crippen LogP contribution in [-0.2, 0) is 16.0 Å². The number of anilines is 1. The van der Waals surface area contributed by atoms with Gasteiger partial charge in [-0.05, 0) is 36.2 Å². The Kier molecular flexibility index (Phi) is 5.93. The zero-order valence-corrected chi connectivity index (χ0v) is 14.7. The maximum atomic E-state index is 12.2. The summed E-state index contributed by atoms with van der Waals surface area (Å²) in [7, 11) is 0. The van der Waals surface area contributed by atoms with E-state index in [9.17, 15) is 9.59 Å². The first-order valence-corrected chi connectivity index (χ1v) is 8.15. The standard InChI is InChI=1S/C18H19BrN2O2/c1-12(16-5-3-4-6-17(16)19)20-18(23)11-14-7-9-15(10-8-14)21-13(2)22/h3-10,12H,11H2,1-2H3,(H,20,23)(H,21,22)/t12-/m0/s1. The van der Waals surface area contributed by atoms with E-state index in [2.05, 4.69) is 26.6 Å². The van der Waals surface area contributed by atoms with E-state index < -0.39 is 0 Å². The molecule has 0 heterocycles. The smallest absolute Gasteiger partial charge is 0.224 e. The molecule has 2 amide bonds. The molecule has 5 heteroatoms. The fourth-order valence-electron chi connectivity index (χ4n) is 2.29. The van der Waals surface area contributed by atoms with E-state index >= 15 is 0 Å². The van der Waals surface area contributed by atoms with Crippen LogP contribution in [-0.4, -0.2) is 11.8 Å². The molecule has 2 aromatic rings. The van der Waals surface area contributed by atoms with Gasteiger partial charge in [-0.1, -0.05) is 46.3 Å². The van der Waals surface area contributed by atoms with E-state index in [1.54, 1.807) is 12.1 Å². The lowest BCUT2D eigenvalue weighted by Crippen LogP contribution is -2.28. The summed E-state index contributed by atoms with van der Waals surface area (Å²) in [6, 6.07) is 15.0. The third kappa shape index (κ3) is 5.21. The number of halogens is 1. The average molecular weight is 375 g/mol. The Morgan fingerprint density at radius 2 is 1.74 bits per heavy atom. The van der Waals surface area contributed by atoms with E-state index in [4.69, 9.17) is 0 Å². The minimum Gasteiger partial charge on any atom is -0.349 e. The highest BCUT2D eigenvalue weighted by Gasteiger charge is 2.12. The summed E-state index contributed by atoms with van der Waals surface area (Å²) >= 11 is 3.50. The van der Waals surface area contributed by atoms with Crippen molar-refractivity contribution in [3.8, 4) is 0 Å². The van der Waals surface area contributed by atoms with Gasteiger partial charge >= 0.3 is 0 Å². The fraction of sp³-hybridized carbons (Fsp3) is 0.222. The van der Waals surface area contributed by atoms with Gasteiger partial charge in [0.25, 0.3) is 0 Å². The molecule has 0 saturated heterocycles. The Balaban J connectivity index is 1.94. The fourth-order valence-corrected chi connectivity index (χ4v) is 2.92. The molecule has 0 aromatic heterocycles. The van der Waals surface area contributed by atoms with Crippen molar-refractivity contribution in [1.82, 2.24) is 5.32 Å². The minimum atomic E-state index is -0.113. The van der Waals surface area contributed by atoms with Gasteiger partial charge in [-0.15, -0.1) is 0 Å². The number of benzene rings is 2. The number of carbonyl (C=O) groups excluding carboxylic acids is 2. The van der Waals surface area contributed by atoms with Crippen molar-refractivity contribution < 1.29 is 9.59 Å². The van der Waals surface area contributed by atoms with E-state index in [0.717, 1.165) is 21.3 Å². The van der Waals surface area contributed by atoms with Crippen molar-refractivity contribution in [3.63, 3.8) is 0 Å². The summed E-state index contributed by atoms with van der Waals surface area (Å²) < 4.78 is 0.979. The highest BCUT2D eigenvalue weighted by Crippen LogP contribution is 2.22. The topological polar surface area (TPSA) is 58.2 Å². The van der Waals surface area contributed by atoms with Gasteiger partial charge in [0.15, 0.2) is 0 Å². The minimum absolute atomic E-state index is 0.0412. The molecule has 0 aliphatic heterocycles. The Bertz CT molecular complexity index is 698. The second-order valence-electron chi connectivity index (χ2n) is 5.37. The van der Waals surface area contributed by atoms with Crippen LogP contribution in [0, 0.1) is 0 Å². The molecule has 23 heavy (non-hydrogen) atoms. The van der Waals surface area contributed by atoms with Crippen molar-refractivity contribution >= 4 is 33.4 Å². The first kappa shape index (κ1) is 17.2. The molecule has 0 spiro atoms. The molecule has 2 aromatic carbocycles. The predicted octanol–water partition coefficient (Wildman–Crippen LogP) is 3.83. The molecule has 0 aliphatic carbocycles. The monoisotopic (exact) mass is 374 g/mol. The van der Waals surface area contributed by atoms with Gasteiger partial charge in [0.05, 0.1) is 12.5 Å². The lowest BCUT2D eigenvalue weighted by Gasteiger charge is -2.16. The zero-order valence-electron chi connectivity index (χ0n) is 13.1. The van der Waals surface area contributed by atoms with Gasteiger partial charge in [-0.2, -0.15) is 0 Å². The van der Waals surface area contributed by atoms with Crippen LogP contribution in [0.1, 0.15) is 31.0 Å². The Morgan fingerprint density at radius 1 is 1.09 bits per heavy atom. The van der Waals surface area contributed by atoms with Gasteiger partial charge in [0.1, 0.15) is 0 Å². The second-order valence-corrected chi connectivity index (χ2v) is 6.22. The van der Waals surface area contributed by atoms with Crippen molar-refractivity contribution in [2.24, 2.45) is 0 Å². The first-order valence-electron chi connectivity index (χ1n) is 7.36. The van der Waals surface area contributed by atoms with Gasteiger partial charge < -0.3 is 10.6 Å². The maximum Gasteiger partial charge on any atom is 0.224 e. The SMILES string of the molecule is CC(=O)Nc1ccc(CC(=O)N[C@@H](C)c2ccccc2Br)cc1. The van der Waals surface area contributed by atoms with Crippen LogP contribution in [0.2, 0.25) is 0 Å². The molecule has 0 bridgehead atoms. The molecular weight excluding hydrogens is 356 g/mol. The Labute approximate surface area is 144 Å². The van der Waals surface area contributed by atoms with Gasteiger partial charge in [-0.3, -0.25) is 9.59 Å². The molecule has 120 valence electrons. The molecule has 2 N–H and O–H groups in total. The second kappa shape index (κ2) is 7.92. The molecule has 0 radical (unpaired) electrons. The van der Waals surface area contributed by atoms with E-state index in [1.807, 2.05) is 43.3 Å². The Hall–Kier alpha value is -2.14. The number of rotatable bonds is 5. The molecule has 0 unspecified atom stereocenters. The summed E-state index contributed by atoms with van der Waals surface area (Å²) in [5, 5.41) is 5.69. The molecular formula is C18H19BrN2O2. The molecule has 0 aliphatic rings. The molecule has 1 atom stereocenters. The van der Waals surface area contributed by atoms with E-state index in [-0.39, 0.29) is 17.9 Å². The van der Waals surface area contributed by atoms with Crippen LogP contribution in [0.3, 0.4) is 0 Å². The predicted molar refractivity (Wildman–Crippen MR) is 95.1 cm³/mol. The molecule has 0 saturated carbocycles. The highest BCUT2D eigenvalue weighted by atomic mass is 79.9. The lowest BCUT2D eigenvalue weighted by molar-refractivity contribution is -0.121. The molecule has 2 rings (SSSR count). The summed E-state index contributed by atoms with van der Waals surface area (Å²) in [5.74, 6) is -0.154. The number of hydrogen-bond donors (Lipinski definition) is 2. The largest absolute Gasteiger partial charge is 0.349 e. The van der Waals surface area contributed by atoms with Crippen LogP contribution >= 0.6 is 15.9 Å². The summed E-state index contributed by atoms with van der Waals surface area (Å²) in [6.45, 7) is 3.42. The zero-order chi connectivity index (χ0) is 16.8. The van der Waals surface area contributed by atoms with E-state index in [0.29, 0.717) is 6.42 Å². The number of nitrogens with one attached hydrogen (secondary N) is 2. The van der Waals surface area contributed by atoms with Crippen molar-refractivity contribution in [1.29, 1.82) is 0 Å². The van der Waals surface area contributed by atoms with Gasteiger partial charge in [-0.25, -0.2) is 0 Å². The van der Waals surface area contributed by atoms with Gasteiger partial charge in [0, 0.05) is 17.1 Å². The maximum absolute atomic E-state index is 12.2. The Morgan fingerprint density at radius 3 is 2.35 bits per heavy atom. The number of amides is 2. The van der Waals surface area contributed by atoms with Gasteiger partial charge in [0.2, 0.25) is 11.8 Å². The van der Waals surface area contributed by atoms with E-state index in [1.165, 1.54) is 6.92 Å². The van der Waals surface area contributed by atoms with Crippen LogP contribution in [0.4, 0.5) is 5.69 Å². The summed E-state index contributed by atoms with van der Waals surface area (Å²) in [4.78, 5) is 23.2. The third-order valence-corrected chi connectivity index (χ3v) is 4.11. The molecule has 4 nitrogen and oxygen atoms in total. The lowest BCUT2D eigenvalue weighted by atomic mass is 10.1. The molecule has 0 fully saturated rings. The van der Waals surface area contributed by atoms with Crippen LogP contribution in [0.5, 0.6) is 0 Å². The summed E-state index contributed by atoms with van der Waals surface area (Å²) in [6.07, 6.45) is 0.301. The van der Waals surface area contributed by atoms with Crippen molar-refractivity contribution in [2.45, 2.75) is 26.3 Å². The first-order chi connectivity index (χ1) is 11.0. The number of carbonyl (C=O) groups is 2. The third-order valence-electron chi connectivity index (χ3n) is 3.39. The van der Waals surface area contributed by atoms with Crippen LogP contribution < -0.4 is 10.6 Å². The van der Waals surface area contributed by atoms with Crippen LogP contribution in [0.25, 0.3) is 0 Å². The van der Waals surface area contributed by atoms with Crippen LogP contribution in [0.15, 0.2) is 53.0 Å². The highest BCUT2D eigenvalue weighted by molar-refractivity contribution is 9.10. The number of hydrogen-bond acceptors (Lipinski definition) is 2. The quantitative estimate of drug-likeness (QED) is 0.835. The van der Waals surface area contributed by atoms with Crippen molar-refractivity contribution in [2.75, 3.05) is 5.32 Å². The summed E-state index contributed by atoms with van der Waals surface area (Å²) in [5.41, 5.74) is 2.67. The van der Waals surface area contributed by atoms with Crippen molar-refractivity contribution in [3.05, 3.63) is 64.1 Å². The average Bonchev–Trinajstić information content (AvgIpc) is 2.49.